The standard InChI is InChI=1S/C9H13N3O2/c1-12-5-8(4-10-12)14-6-9(13)11-7-2-3-7/h4-5,7H,2-3,6H2,1H3,(H,11,13). The van der Waals surface area contributed by atoms with Crippen molar-refractivity contribution in [2.75, 3.05) is 6.61 Å². The molecular formula is C9H13N3O2. The average Bonchev–Trinajstić information content (AvgIpc) is 2.85. The van der Waals surface area contributed by atoms with E-state index >= 15 is 0 Å². The van der Waals surface area contributed by atoms with E-state index in [-0.39, 0.29) is 12.5 Å². The van der Waals surface area contributed by atoms with Crippen molar-refractivity contribution < 1.29 is 9.53 Å². The number of aromatic nitrogens is 2. The summed E-state index contributed by atoms with van der Waals surface area (Å²) in [6, 6.07) is 0.389. The van der Waals surface area contributed by atoms with Gasteiger partial charge in [-0.15, -0.1) is 0 Å². The van der Waals surface area contributed by atoms with Crippen LogP contribution in [0.4, 0.5) is 0 Å². The van der Waals surface area contributed by atoms with Crippen LogP contribution in [0.5, 0.6) is 5.75 Å². The Morgan fingerprint density at radius 2 is 2.57 bits per heavy atom. The summed E-state index contributed by atoms with van der Waals surface area (Å²) < 4.78 is 6.85. The molecule has 1 aromatic heterocycles. The van der Waals surface area contributed by atoms with Crippen molar-refractivity contribution in [3.8, 4) is 5.75 Å². The Balaban J connectivity index is 1.73. The van der Waals surface area contributed by atoms with Gasteiger partial charge in [-0.2, -0.15) is 5.10 Å². The van der Waals surface area contributed by atoms with Crippen LogP contribution in [-0.2, 0) is 11.8 Å². The SMILES string of the molecule is Cn1cc(OCC(=O)NC2CC2)cn1. The summed E-state index contributed by atoms with van der Waals surface area (Å²) in [4.78, 5) is 11.2. The molecule has 0 spiro atoms. The molecule has 0 radical (unpaired) electrons. The van der Waals surface area contributed by atoms with Gasteiger partial charge in [-0.05, 0) is 12.8 Å². The molecule has 1 N–H and O–H groups in total. The van der Waals surface area contributed by atoms with Crippen LogP contribution < -0.4 is 10.1 Å². The fourth-order valence-corrected chi connectivity index (χ4v) is 1.12. The molecule has 0 saturated heterocycles. The van der Waals surface area contributed by atoms with Crippen LogP contribution in [-0.4, -0.2) is 28.3 Å². The van der Waals surface area contributed by atoms with Crippen molar-refractivity contribution in [1.29, 1.82) is 0 Å². The summed E-state index contributed by atoms with van der Waals surface area (Å²) in [7, 11) is 1.80. The number of carbonyl (C=O) groups excluding carboxylic acids is 1. The summed E-state index contributed by atoms with van der Waals surface area (Å²) in [6.07, 6.45) is 5.51. The lowest BCUT2D eigenvalue weighted by atomic mass is 10.5. The Kier molecular flexibility index (Phi) is 2.39. The van der Waals surface area contributed by atoms with Gasteiger partial charge < -0.3 is 10.1 Å². The fraction of sp³-hybridized carbons (Fsp3) is 0.556. The van der Waals surface area contributed by atoms with Gasteiger partial charge in [0.25, 0.3) is 5.91 Å². The van der Waals surface area contributed by atoms with Crippen LogP contribution in [0.3, 0.4) is 0 Å². The number of aryl methyl sites for hydroxylation is 1. The molecule has 1 heterocycles. The highest BCUT2D eigenvalue weighted by molar-refractivity contribution is 5.78. The Hall–Kier alpha value is -1.52. The first-order valence-electron chi connectivity index (χ1n) is 4.65. The molecule has 0 aromatic carbocycles. The van der Waals surface area contributed by atoms with Gasteiger partial charge >= 0.3 is 0 Å². The summed E-state index contributed by atoms with van der Waals surface area (Å²) >= 11 is 0. The van der Waals surface area contributed by atoms with Gasteiger partial charge in [-0.1, -0.05) is 0 Å². The fourth-order valence-electron chi connectivity index (χ4n) is 1.12. The second-order valence-corrected chi connectivity index (χ2v) is 3.48. The molecule has 1 aliphatic rings. The Bertz CT molecular complexity index is 331. The van der Waals surface area contributed by atoms with E-state index in [0.29, 0.717) is 11.8 Å². The van der Waals surface area contributed by atoms with E-state index in [1.54, 1.807) is 24.1 Å². The Morgan fingerprint density at radius 3 is 3.14 bits per heavy atom. The first-order chi connectivity index (χ1) is 6.74. The number of hydrogen-bond donors (Lipinski definition) is 1. The molecule has 2 rings (SSSR count). The van der Waals surface area contributed by atoms with Crippen molar-refractivity contribution in [3.05, 3.63) is 12.4 Å². The maximum absolute atomic E-state index is 11.2. The molecule has 1 fully saturated rings. The minimum Gasteiger partial charge on any atom is -0.480 e. The van der Waals surface area contributed by atoms with Crippen LogP contribution in [0.15, 0.2) is 12.4 Å². The first-order valence-corrected chi connectivity index (χ1v) is 4.65. The van der Waals surface area contributed by atoms with Gasteiger partial charge in [-0.25, -0.2) is 0 Å². The number of rotatable bonds is 4. The van der Waals surface area contributed by atoms with Crippen molar-refractivity contribution in [2.45, 2.75) is 18.9 Å². The lowest BCUT2D eigenvalue weighted by Gasteiger charge is -2.03. The van der Waals surface area contributed by atoms with E-state index in [9.17, 15) is 4.79 Å². The molecule has 0 atom stereocenters. The van der Waals surface area contributed by atoms with E-state index in [1.807, 2.05) is 0 Å². The topological polar surface area (TPSA) is 56.1 Å². The monoisotopic (exact) mass is 195 g/mol. The summed E-state index contributed by atoms with van der Waals surface area (Å²) in [6.45, 7) is 0.0716. The second kappa shape index (κ2) is 3.69. The molecule has 1 aliphatic carbocycles. The van der Waals surface area contributed by atoms with E-state index < -0.39 is 0 Å². The maximum atomic E-state index is 11.2. The number of nitrogens with zero attached hydrogens (tertiary/aromatic N) is 2. The molecule has 1 saturated carbocycles. The summed E-state index contributed by atoms with van der Waals surface area (Å²) in [5.74, 6) is 0.565. The highest BCUT2D eigenvalue weighted by Gasteiger charge is 2.23. The zero-order chi connectivity index (χ0) is 9.97. The molecule has 1 amide bonds. The van der Waals surface area contributed by atoms with Gasteiger partial charge in [0.1, 0.15) is 0 Å². The molecule has 0 bridgehead atoms. The minimum atomic E-state index is -0.0589. The van der Waals surface area contributed by atoms with E-state index in [0.717, 1.165) is 12.8 Å². The van der Waals surface area contributed by atoms with Gasteiger partial charge in [0.05, 0.1) is 12.4 Å². The summed E-state index contributed by atoms with van der Waals surface area (Å²) in [5.41, 5.74) is 0. The van der Waals surface area contributed by atoms with Crippen molar-refractivity contribution in [2.24, 2.45) is 7.05 Å². The molecule has 5 nitrogen and oxygen atoms in total. The first kappa shape index (κ1) is 9.05. The quantitative estimate of drug-likeness (QED) is 0.740. The normalized spacial score (nSPS) is 15.2. The Labute approximate surface area is 82.0 Å². The summed E-state index contributed by atoms with van der Waals surface area (Å²) in [5, 5.41) is 6.77. The van der Waals surface area contributed by atoms with Crippen LogP contribution in [0.1, 0.15) is 12.8 Å². The third kappa shape index (κ3) is 2.48. The number of nitrogens with one attached hydrogen (secondary N) is 1. The number of carbonyl (C=O) groups is 1. The van der Waals surface area contributed by atoms with Gasteiger partial charge in [0, 0.05) is 13.1 Å². The number of hydrogen-bond acceptors (Lipinski definition) is 3. The van der Waals surface area contributed by atoms with E-state index in [2.05, 4.69) is 10.4 Å². The minimum absolute atomic E-state index is 0.0589. The van der Waals surface area contributed by atoms with Crippen LogP contribution >= 0.6 is 0 Å². The van der Waals surface area contributed by atoms with Gasteiger partial charge in [0.15, 0.2) is 12.4 Å². The molecule has 14 heavy (non-hydrogen) atoms. The number of ether oxygens (including phenoxy) is 1. The van der Waals surface area contributed by atoms with Crippen LogP contribution in [0.2, 0.25) is 0 Å². The molecule has 0 unspecified atom stereocenters. The lowest BCUT2D eigenvalue weighted by molar-refractivity contribution is -0.123. The highest BCUT2D eigenvalue weighted by Crippen LogP contribution is 2.18. The van der Waals surface area contributed by atoms with Gasteiger partial charge in [-0.3, -0.25) is 9.48 Å². The Morgan fingerprint density at radius 1 is 1.79 bits per heavy atom. The lowest BCUT2D eigenvalue weighted by Crippen LogP contribution is -2.30. The predicted octanol–water partition coefficient (Wildman–Crippen LogP) is 0.0775. The molecule has 76 valence electrons. The predicted molar refractivity (Wildman–Crippen MR) is 49.9 cm³/mol. The number of amides is 1. The van der Waals surface area contributed by atoms with Crippen LogP contribution in [0.25, 0.3) is 0 Å². The molecule has 0 aliphatic heterocycles. The zero-order valence-corrected chi connectivity index (χ0v) is 8.06. The maximum Gasteiger partial charge on any atom is 0.258 e. The largest absolute Gasteiger partial charge is 0.480 e. The van der Waals surface area contributed by atoms with E-state index in [4.69, 9.17) is 4.74 Å². The molecule has 5 heteroatoms. The molecule has 1 aromatic rings. The smallest absolute Gasteiger partial charge is 0.258 e. The third-order valence-corrected chi connectivity index (χ3v) is 1.99. The molecular weight excluding hydrogens is 182 g/mol. The van der Waals surface area contributed by atoms with Crippen molar-refractivity contribution in [1.82, 2.24) is 15.1 Å². The third-order valence-electron chi connectivity index (χ3n) is 1.99. The van der Waals surface area contributed by atoms with E-state index in [1.165, 1.54) is 0 Å². The van der Waals surface area contributed by atoms with Crippen molar-refractivity contribution in [3.63, 3.8) is 0 Å². The van der Waals surface area contributed by atoms with Crippen molar-refractivity contribution >= 4 is 5.91 Å². The van der Waals surface area contributed by atoms with Gasteiger partial charge in [0.2, 0.25) is 0 Å². The highest BCUT2D eigenvalue weighted by atomic mass is 16.5. The zero-order valence-electron chi connectivity index (χ0n) is 8.06. The second-order valence-electron chi connectivity index (χ2n) is 3.48. The van der Waals surface area contributed by atoms with Crippen LogP contribution in [0, 0.1) is 0 Å². The average molecular weight is 195 g/mol.